The minimum atomic E-state index is 0.552. The second kappa shape index (κ2) is 3.52. The molecule has 0 spiro atoms. The van der Waals surface area contributed by atoms with Crippen molar-refractivity contribution in [1.29, 1.82) is 0 Å². The third-order valence-electron chi connectivity index (χ3n) is 1.40. The zero-order valence-corrected chi connectivity index (χ0v) is 6.59. The Balaban J connectivity index is 2.19. The van der Waals surface area contributed by atoms with Gasteiger partial charge in [-0.2, -0.15) is 0 Å². The predicted octanol–water partition coefficient (Wildman–Crippen LogP) is 0.995. The average Bonchev–Trinajstić information content (AvgIpc) is 2.34. The number of hydrogen-bond donors (Lipinski definition) is 1. The molecule has 2 nitrogen and oxygen atoms in total. The van der Waals surface area contributed by atoms with Gasteiger partial charge in [0.05, 0.1) is 6.54 Å². The first-order valence-electron chi connectivity index (χ1n) is 3.72. The molecule has 0 amide bonds. The number of nitrogens with zero attached hydrogens (tertiary/aromatic N) is 1. The minimum Gasteiger partial charge on any atom is -0.309 e. The van der Waals surface area contributed by atoms with Crippen molar-refractivity contribution in [2.75, 3.05) is 13.1 Å². The van der Waals surface area contributed by atoms with Crippen LogP contribution in [0.15, 0.2) is 17.1 Å². The summed E-state index contributed by atoms with van der Waals surface area (Å²) < 4.78 is 0. The highest BCUT2D eigenvalue weighted by atomic mass is 14.9. The SMILES string of the molecule is CC(C)NCC1=NCC=C1. The van der Waals surface area contributed by atoms with E-state index >= 15 is 0 Å². The molecule has 0 saturated heterocycles. The van der Waals surface area contributed by atoms with Crippen molar-refractivity contribution in [3.05, 3.63) is 12.2 Å². The van der Waals surface area contributed by atoms with Crippen LogP contribution < -0.4 is 5.32 Å². The van der Waals surface area contributed by atoms with Gasteiger partial charge in [-0.05, 0) is 6.08 Å². The van der Waals surface area contributed by atoms with Crippen LogP contribution in [0.1, 0.15) is 13.8 Å². The van der Waals surface area contributed by atoms with E-state index in [4.69, 9.17) is 0 Å². The van der Waals surface area contributed by atoms with Gasteiger partial charge in [0.2, 0.25) is 0 Å². The van der Waals surface area contributed by atoms with Crippen molar-refractivity contribution in [3.63, 3.8) is 0 Å². The first-order valence-corrected chi connectivity index (χ1v) is 3.72. The van der Waals surface area contributed by atoms with Gasteiger partial charge in [0, 0.05) is 18.3 Å². The fourth-order valence-electron chi connectivity index (χ4n) is 0.835. The maximum atomic E-state index is 4.25. The second-order valence-corrected chi connectivity index (χ2v) is 2.77. The minimum absolute atomic E-state index is 0.552. The number of hydrogen-bond acceptors (Lipinski definition) is 2. The lowest BCUT2D eigenvalue weighted by Gasteiger charge is -2.05. The molecule has 56 valence electrons. The molecule has 1 rings (SSSR count). The normalized spacial score (nSPS) is 16.5. The lowest BCUT2D eigenvalue weighted by Crippen LogP contribution is -2.27. The molecule has 0 fully saturated rings. The second-order valence-electron chi connectivity index (χ2n) is 2.77. The van der Waals surface area contributed by atoms with Crippen LogP contribution in [-0.4, -0.2) is 24.8 Å². The first kappa shape index (κ1) is 7.48. The molecule has 0 unspecified atom stereocenters. The highest BCUT2D eigenvalue weighted by molar-refractivity contribution is 5.98. The van der Waals surface area contributed by atoms with Crippen LogP contribution in [0.4, 0.5) is 0 Å². The van der Waals surface area contributed by atoms with E-state index in [0.29, 0.717) is 6.04 Å². The van der Waals surface area contributed by atoms with E-state index in [0.717, 1.165) is 13.1 Å². The number of rotatable bonds is 3. The summed E-state index contributed by atoms with van der Waals surface area (Å²) in [4.78, 5) is 4.25. The molecule has 1 aliphatic rings. The van der Waals surface area contributed by atoms with Crippen molar-refractivity contribution >= 4 is 5.71 Å². The first-order chi connectivity index (χ1) is 4.79. The summed E-state index contributed by atoms with van der Waals surface area (Å²) in [6.45, 7) is 6.06. The van der Waals surface area contributed by atoms with E-state index in [1.165, 1.54) is 5.71 Å². The van der Waals surface area contributed by atoms with Gasteiger partial charge in [0.25, 0.3) is 0 Å². The summed E-state index contributed by atoms with van der Waals surface area (Å²) in [6, 6.07) is 0.552. The molecule has 0 aromatic rings. The van der Waals surface area contributed by atoms with Gasteiger partial charge in [-0.1, -0.05) is 19.9 Å². The summed E-state index contributed by atoms with van der Waals surface area (Å²) >= 11 is 0. The molecular weight excluding hydrogens is 124 g/mol. The van der Waals surface area contributed by atoms with Crippen molar-refractivity contribution in [3.8, 4) is 0 Å². The Morgan fingerprint density at radius 1 is 1.70 bits per heavy atom. The standard InChI is InChI=1S/C8H14N2/c1-7(2)10-6-8-4-3-5-9-8/h3-4,7,10H,5-6H2,1-2H3. The monoisotopic (exact) mass is 138 g/mol. The molecule has 0 saturated carbocycles. The summed E-state index contributed by atoms with van der Waals surface area (Å²) in [5.74, 6) is 0. The van der Waals surface area contributed by atoms with Gasteiger partial charge in [-0.3, -0.25) is 4.99 Å². The molecule has 0 bridgehead atoms. The lowest BCUT2D eigenvalue weighted by molar-refractivity contribution is 0.643. The highest BCUT2D eigenvalue weighted by Crippen LogP contribution is 1.92. The Kier molecular flexibility index (Phi) is 2.63. The largest absolute Gasteiger partial charge is 0.309 e. The molecular formula is C8H14N2. The summed E-state index contributed by atoms with van der Waals surface area (Å²) in [5, 5.41) is 3.31. The quantitative estimate of drug-likeness (QED) is 0.618. The Morgan fingerprint density at radius 3 is 3.00 bits per heavy atom. The summed E-state index contributed by atoms with van der Waals surface area (Å²) in [7, 11) is 0. The maximum Gasteiger partial charge on any atom is 0.0577 e. The molecule has 0 atom stereocenters. The predicted molar refractivity (Wildman–Crippen MR) is 44.6 cm³/mol. The molecule has 0 aromatic heterocycles. The van der Waals surface area contributed by atoms with Crippen LogP contribution >= 0.6 is 0 Å². The van der Waals surface area contributed by atoms with Crippen molar-refractivity contribution in [1.82, 2.24) is 5.32 Å². The van der Waals surface area contributed by atoms with E-state index < -0.39 is 0 Å². The molecule has 0 aromatic carbocycles. The van der Waals surface area contributed by atoms with Gasteiger partial charge in [-0.25, -0.2) is 0 Å². The third kappa shape index (κ3) is 2.31. The van der Waals surface area contributed by atoms with Gasteiger partial charge in [0.15, 0.2) is 0 Å². The van der Waals surface area contributed by atoms with E-state index in [1.54, 1.807) is 0 Å². The Morgan fingerprint density at radius 2 is 2.50 bits per heavy atom. The van der Waals surface area contributed by atoms with Gasteiger partial charge >= 0.3 is 0 Å². The van der Waals surface area contributed by atoms with Crippen LogP contribution in [-0.2, 0) is 0 Å². The lowest BCUT2D eigenvalue weighted by atomic mass is 10.3. The number of aliphatic imine (C=N–C) groups is 1. The molecule has 1 N–H and O–H groups in total. The van der Waals surface area contributed by atoms with E-state index in [1.807, 2.05) is 0 Å². The number of nitrogens with one attached hydrogen (secondary N) is 1. The fourth-order valence-corrected chi connectivity index (χ4v) is 0.835. The fraction of sp³-hybridized carbons (Fsp3) is 0.625. The highest BCUT2D eigenvalue weighted by Gasteiger charge is 1.98. The smallest absolute Gasteiger partial charge is 0.0577 e. The summed E-state index contributed by atoms with van der Waals surface area (Å²) in [5.41, 5.74) is 1.17. The van der Waals surface area contributed by atoms with E-state index in [-0.39, 0.29) is 0 Å². The molecule has 0 aliphatic carbocycles. The van der Waals surface area contributed by atoms with Crippen molar-refractivity contribution in [2.24, 2.45) is 4.99 Å². The van der Waals surface area contributed by atoms with Crippen LogP contribution in [0.3, 0.4) is 0 Å². The van der Waals surface area contributed by atoms with Crippen LogP contribution in [0.2, 0.25) is 0 Å². The van der Waals surface area contributed by atoms with Gasteiger partial charge in [0.1, 0.15) is 0 Å². The topological polar surface area (TPSA) is 24.4 Å². The maximum absolute atomic E-state index is 4.25. The molecule has 1 heterocycles. The zero-order chi connectivity index (χ0) is 7.40. The Hall–Kier alpha value is -0.630. The van der Waals surface area contributed by atoms with Crippen LogP contribution in [0.25, 0.3) is 0 Å². The van der Waals surface area contributed by atoms with E-state index in [2.05, 4.69) is 36.3 Å². The Bertz CT molecular complexity index is 157. The zero-order valence-electron chi connectivity index (χ0n) is 6.59. The molecule has 1 aliphatic heterocycles. The molecule has 10 heavy (non-hydrogen) atoms. The van der Waals surface area contributed by atoms with Crippen molar-refractivity contribution in [2.45, 2.75) is 19.9 Å². The average molecular weight is 138 g/mol. The van der Waals surface area contributed by atoms with Crippen LogP contribution in [0, 0.1) is 0 Å². The molecule has 2 heteroatoms. The van der Waals surface area contributed by atoms with Crippen molar-refractivity contribution < 1.29 is 0 Å². The van der Waals surface area contributed by atoms with Gasteiger partial charge < -0.3 is 5.32 Å². The third-order valence-corrected chi connectivity index (χ3v) is 1.40. The summed E-state index contributed by atoms with van der Waals surface area (Å²) in [6.07, 6.45) is 4.16. The Labute approximate surface area is 62.0 Å². The van der Waals surface area contributed by atoms with Gasteiger partial charge in [-0.15, -0.1) is 0 Å². The van der Waals surface area contributed by atoms with Crippen LogP contribution in [0.5, 0.6) is 0 Å². The van der Waals surface area contributed by atoms with E-state index in [9.17, 15) is 0 Å². The molecule has 0 radical (unpaired) electrons.